The van der Waals surface area contributed by atoms with Gasteiger partial charge in [-0.2, -0.15) is 0 Å². The van der Waals surface area contributed by atoms with E-state index in [1.165, 1.54) is 30.5 Å². The van der Waals surface area contributed by atoms with Gasteiger partial charge in [-0.1, -0.05) is 0 Å². The van der Waals surface area contributed by atoms with Crippen LogP contribution in [0.3, 0.4) is 0 Å². The van der Waals surface area contributed by atoms with Crippen LogP contribution in [0, 0.1) is 11.6 Å². The van der Waals surface area contributed by atoms with Crippen LogP contribution >= 0.6 is 0 Å². The van der Waals surface area contributed by atoms with Gasteiger partial charge in [-0.05, 0) is 36.4 Å². The maximum Gasteiger partial charge on any atom is 0.257 e. The molecule has 0 bridgehead atoms. The van der Waals surface area contributed by atoms with E-state index in [9.17, 15) is 13.6 Å². The topological polar surface area (TPSA) is 62.4 Å². The predicted octanol–water partition coefficient (Wildman–Crippen LogP) is 3.43. The molecule has 0 saturated carbocycles. The molecule has 5 nitrogen and oxygen atoms in total. The number of amides is 1. The average Bonchev–Trinajstić information content (AvgIpc) is 2.89. The smallest absolute Gasteiger partial charge is 0.257 e. The van der Waals surface area contributed by atoms with Gasteiger partial charge in [0, 0.05) is 31.1 Å². The van der Waals surface area contributed by atoms with Crippen molar-refractivity contribution in [3.05, 3.63) is 59.8 Å². The lowest BCUT2D eigenvalue weighted by atomic mass is 10.1. The highest BCUT2D eigenvalue weighted by Gasteiger charge is 2.24. The van der Waals surface area contributed by atoms with Crippen LogP contribution in [-0.4, -0.2) is 26.2 Å². The number of ether oxygens (including phenoxy) is 1. The van der Waals surface area contributed by atoms with Gasteiger partial charge in [-0.3, -0.25) is 4.79 Å². The molecule has 0 fully saturated rings. The van der Waals surface area contributed by atoms with Gasteiger partial charge in [0.05, 0.1) is 23.6 Å². The van der Waals surface area contributed by atoms with Crippen molar-refractivity contribution in [2.24, 2.45) is 0 Å². The molecule has 0 unspecified atom stereocenters. The van der Waals surface area contributed by atoms with E-state index >= 15 is 0 Å². The lowest BCUT2D eigenvalue weighted by Gasteiger charge is -2.09. The normalized spacial score (nSPS) is 14.4. The minimum Gasteiger partial charge on any atom is -0.383 e. The van der Waals surface area contributed by atoms with E-state index in [4.69, 9.17) is 4.74 Å². The van der Waals surface area contributed by atoms with Crippen LogP contribution in [0.25, 0.3) is 5.57 Å². The first-order valence-electron chi connectivity index (χ1n) is 7.69. The zero-order chi connectivity index (χ0) is 17.8. The Hall–Kier alpha value is -2.93. The minimum absolute atomic E-state index is 0.341. The maximum atomic E-state index is 14.1. The van der Waals surface area contributed by atoms with Crippen LogP contribution < -0.4 is 16.0 Å². The van der Waals surface area contributed by atoms with E-state index in [1.807, 2.05) is 0 Å². The standard InChI is InChI=1S/C18H17F2N3O2/c1-25-7-6-21-16-5-3-12(9-15(16)20)22-10-14-13-4-2-11(19)8-17(13)23-18(14)24/h2-5,8-10,21-22H,6-7H2,1H3,(H,23,24)/b14-10+. The lowest BCUT2D eigenvalue weighted by Crippen LogP contribution is -2.09. The fourth-order valence-electron chi connectivity index (χ4n) is 2.50. The third-order valence-electron chi connectivity index (χ3n) is 3.74. The zero-order valence-electron chi connectivity index (χ0n) is 13.5. The number of rotatable bonds is 6. The molecular weight excluding hydrogens is 328 g/mol. The summed E-state index contributed by atoms with van der Waals surface area (Å²) < 4.78 is 32.2. The second-order valence-corrected chi connectivity index (χ2v) is 5.46. The predicted molar refractivity (Wildman–Crippen MR) is 93.4 cm³/mol. The molecule has 0 saturated heterocycles. The molecule has 0 aromatic heterocycles. The van der Waals surface area contributed by atoms with Crippen LogP contribution in [0.1, 0.15) is 5.56 Å². The first-order valence-corrected chi connectivity index (χ1v) is 7.69. The van der Waals surface area contributed by atoms with Gasteiger partial charge in [-0.25, -0.2) is 8.78 Å². The molecule has 0 atom stereocenters. The molecule has 7 heteroatoms. The van der Waals surface area contributed by atoms with Crippen LogP contribution in [0.15, 0.2) is 42.6 Å². The lowest BCUT2D eigenvalue weighted by molar-refractivity contribution is -0.110. The monoisotopic (exact) mass is 345 g/mol. The van der Waals surface area contributed by atoms with E-state index in [-0.39, 0.29) is 5.91 Å². The molecule has 1 aliphatic heterocycles. The molecule has 130 valence electrons. The van der Waals surface area contributed by atoms with E-state index in [0.29, 0.717) is 41.4 Å². The molecule has 3 rings (SSSR count). The largest absolute Gasteiger partial charge is 0.383 e. The summed E-state index contributed by atoms with van der Waals surface area (Å²) in [5.74, 6) is -1.18. The Labute approximate surface area is 143 Å². The number of hydrogen-bond acceptors (Lipinski definition) is 4. The van der Waals surface area contributed by atoms with E-state index in [1.54, 1.807) is 19.2 Å². The fourth-order valence-corrected chi connectivity index (χ4v) is 2.50. The number of anilines is 3. The molecule has 1 heterocycles. The molecule has 0 aliphatic carbocycles. The van der Waals surface area contributed by atoms with Crippen molar-refractivity contribution in [3.8, 4) is 0 Å². The van der Waals surface area contributed by atoms with Crippen molar-refractivity contribution in [2.75, 3.05) is 36.2 Å². The highest BCUT2D eigenvalue weighted by molar-refractivity contribution is 6.31. The summed E-state index contributed by atoms with van der Waals surface area (Å²) in [4.78, 5) is 12.0. The van der Waals surface area contributed by atoms with Crippen molar-refractivity contribution in [1.82, 2.24) is 0 Å². The Bertz CT molecular complexity index is 837. The number of nitrogens with one attached hydrogen (secondary N) is 3. The molecule has 1 aliphatic rings. The molecule has 25 heavy (non-hydrogen) atoms. The van der Waals surface area contributed by atoms with Crippen molar-refractivity contribution in [3.63, 3.8) is 0 Å². The summed E-state index contributed by atoms with van der Waals surface area (Å²) in [6.07, 6.45) is 1.48. The third-order valence-corrected chi connectivity index (χ3v) is 3.74. The average molecular weight is 345 g/mol. The second-order valence-electron chi connectivity index (χ2n) is 5.46. The number of fused-ring (bicyclic) bond motifs is 1. The summed E-state index contributed by atoms with van der Waals surface area (Å²) in [5, 5.41) is 8.41. The third kappa shape index (κ3) is 3.77. The highest BCUT2D eigenvalue weighted by atomic mass is 19.1. The van der Waals surface area contributed by atoms with E-state index in [2.05, 4.69) is 16.0 Å². The summed E-state index contributed by atoms with van der Waals surface area (Å²) in [6.45, 7) is 0.971. The fraction of sp³-hybridized carbons (Fsp3) is 0.167. The number of methoxy groups -OCH3 is 1. The zero-order valence-corrected chi connectivity index (χ0v) is 13.5. The summed E-state index contributed by atoms with van der Waals surface area (Å²) in [7, 11) is 1.57. The Morgan fingerprint density at radius 2 is 2.04 bits per heavy atom. The molecule has 0 radical (unpaired) electrons. The highest BCUT2D eigenvalue weighted by Crippen LogP contribution is 2.32. The van der Waals surface area contributed by atoms with Gasteiger partial charge < -0.3 is 20.7 Å². The quantitative estimate of drug-likeness (QED) is 0.554. The minimum atomic E-state index is -0.424. The number of carbonyl (C=O) groups is 1. The van der Waals surface area contributed by atoms with Gasteiger partial charge in [0.2, 0.25) is 0 Å². The number of carbonyl (C=O) groups excluding carboxylic acids is 1. The van der Waals surface area contributed by atoms with E-state index < -0.39 is 11.6 Å². The Balaban J connectivity index is 1.74. The van der Waals surface area contributed by atoms with Gasteiger partial charge >= 0.3 is 0 Å². The number of hydrogen-bond donors (Lipinski definition) is 3. The van der Waals surface area contributed by atoms with Crippen LogP contribution in [-0.2, 0) is 9.53 Å². The first-order chi connectivity index (χ1) is 12.1. The van der Waals surface area contributed by atoms with Crippen LogP contribution in [0.2, 0.25) is 0 Å². The maximum absolute atomic E-state index is 14.1. The molecule has 3 N–H and O–H groups in total. The summed E-state index contributed by atoms with van der Waals surface area (Å²) >= 11 is 0. The van der Waals surface area contributed by atoms with Gasteiger partial charge in [0.15, 0.2) is 0 Å². The molecule has 1 amide bonds. The molecule has 2 aromatic rings. The van der Waals surface area contributed by atoms with Crippen LogP contribution in [0.5, 0.6) is 0 Å². The van der Waals surface area contributed by atoms with Crippen molar-refractivity contribution in [1.29, 1.82) is 0 Å². The molecule has 2 aromatic carbocycles. The Morgan fingerprint density at radius 1 is 1.20 bits per heavy atom. The first kappa shape index (κ1) is 16.9. The summed E-state index contributed by atoms with van der Waals surface area (Å²) in [5.41, 5.74) is 2.23. The SMILES string of the molecule is COCCNc1ccc(N/C=C2/C(=O)Nc3cc(F)ccc32)cc1F. The van der Waals surface area contributed by atoms with E-state index in [0.717, 1.165) is 0 Å². The number of halogens is 2. The molecule has 0 spiro atoms. The summed E-state index contributed by atoms with van der Waals surface area (Å²) in [6, 6.07) is 8.68. The Kier molecular flexibility index (Phi) is 4.95. The van der Waals surface area contributed by atoms with Gasteiger partial charge in [-0.15, -0.1) is 0 Å². The van der Waals surface area contributed by atoms with Gasteiger partial charge in [0.25, 0.3) is 5.91 Å². The molecular formula is C18H17F2N3O2. The van der Waals surface area contributed by atoms with Gasteiger partial charge in [0.1, 0.15) is 11.6 Å². The Morgan fingerprint density at radius 3 is 2.80 bits per heavy atom. The van der Waals surface area contributed by atoms with Crippen LogP contribution in [0.4, 0.5) is 25.8 Å². The van der Waals surface area contributed by atoms with Crippen molar-refractivity contribution in [2.45, 2.75) is 0 Å². The van der Waals surface area contributed by atoms with Crippen molar-refractivity contribution >= 4 is 28.5 Å². The van der Waals surface area contributed by atoms with Crippen molar-refractivity contribution < 1.29 is 18.3 Å². The number of benzene rings is 2. The second kappa shape index (κ2) is 7.31.